The maximum absolute atomic E-state index is 11.7. The SMILES string of the molecule is O=C(CNC(=O)OCc1ccccc1)NCCSc1ccc(Cl)cc1. The van der Waals surface area contributed by atoms with Gasteiger partial charge < -0.3 is 15.4 Å². The maximum atomic E-state index is 11.7. The lowest BCUT2D eigenvalue weighted by Crippen LogP contribution is -2.37. The van der Waals surface area contributed by atoms with Crippen molar-refractivity contribution in [2.24, 2.45) is 0 Å². The Labute approximate surface area is 156 Å². The van der Waals surface area contributed by atoms with Crippen molar-refractivity contribution in [2.45, 2.75) is 11.5 Å². The van der Waals surface area contributed by atoms with Crippen molar-refractivity contribution >= 4 is 35.4 Å². The molecule has 0 radical (unpaired) electrons. The van der Waals surface area contributed by atoms with E-state index in [0.29, 0.717) is 11.6 Å². The monoisotopic (exact) mass is 378 g/mol. The molecule has 0 aliphatic rings. The summed E-state index contributed by atoms with van der Waals surface area (Å²) in [5.74, 6) is 0.472. The molecule has 2 N–H and O–H groups in total. The summed E-state index contributed by atoms with van der Waals surface area (Å²) in [5, 5.41) is 5.86. The van der Waals surface area contributed by atoms with Crippen LogP contribution >= 0.6 is 23.4 Å². The van der Waals surface area contributed by atoms with Crippen LogP contribution in [-0.2, 0) is 16.1 Å². The van der Waals surface area contributed by atoms with E-state index in [4.69, 9.17) is 16.3 Å². The van der Waals surface area contributed by atoms with Gasteiger partial charge in [-0.25, -0.2) is 4.79 Å². The van der Waals surface area contributed by atoms with Crippen LogP contribution in [0.1, 0.15) is 5.56 Å². The molecule has 2 amide bonds. The van der Waals surface area contributed by atoms with Crippen LogP contribution in [0.2, 0.25) is 5.02 Å². The lowest BCUT2D eigenvalue weighted by atomic mass is 10.2. The number of carbonyl (C=O) groups is 2. The highest BCUT2D eigenvalue weighted by atomic mass is 35.5. The van der Waals surface area contributed by atoms with Crippen LogP contribution in [0.3, 0.4) is 0 Å². The second-order valence-corrected chi connectivity index (χ2v) is 6.67. The molecule has 132 valence electrons. The summed E-state index contributed by atoms with van der Waals surface area (Å²) >= 11 is 7.44. The third-order valence-corrected chi connectivity index (χ3v) is 4.38. The fourth-order valence-electron chi connectivity index (χ4n) is 1.88. The number of thioether (sulfide) groups is 1. The zero-order valence-corrected chi connectivity index (χ0v) is 15.1. The van der Waals surface area contributed by atoms with Crippen molar-refractivity contribution in [3.05, 3.63) is 65.2 Å². The van der Waals surface area contributed by atoms with Crippen LogP contribution in [0.15, 0.2) is 59.5 Å². The molecule has 5 nitrogen and oxygen atoms in total. The molecule has 0 bridgehead atoms. The summed E-state index contributed by atoms with van der Waals surface area (Å²) in [6.45, 7) is 0.568. The van der Waals surface area contributed by atoms with Crippen molar-refractivity contribution in [1.82, 2.24) is 10.6 Å². The van der Waals surface area contributed by atoms with Gasteiger partial charge in [0, 0.05) is 22.2 Å². The summed E-state index contributed by atoms with van der Waals surface area (Å²) in [4.78, 5) is 24.3. The number of hydrogen-bond acceptors (Lipinski definition) is 4. The van der Waals surface area contributed by atoms with Gasteiger partial charge in [0.05, 0.1) is 6.54 Å². The molecule has 0 fully saturated rings. The zero-order valence-electron chi connectivity index (χ0n) is 13.5. The smallest absolute Gasteiger partial charge is 0.407 e. The van der Waals surface area contributed by atoms with Gasteiger partial charge in [-0.3, -0.25) is 4.79 Å². The van der Waals surface area contributed by atoms with Gasteiger partial charge in [0.1, 0.15) is 6.61 Å². The molecule has 0 aliphatic carbocycles. The first-order chi connectivity index (χ1) is 12.1. The topological polar surface area (TPSA) is 67.4 Å². The quantitative estimate of drug-likeness (QED) is 0.545. The average Bonchev–Trinajstić information content (AvgIpc) is 2.64. The van der Waals surface area contributed by atoms with Gasteiger partial charge in [0.25, 0.3) is 0 Å². The Morgan fingerprint density at radius 3 is 2.44 bits per heavy atom. The number of amides is 2. The number of alkyl carbamates (subject to hydrolysis) is 1. The first-order valence-corrected chi connectivity index (χ1v) is 9.09. The molecule has 2 aromatic rings. The van der Waals surface area contributed by atoms with E-state index in [-0.39, 0.29) is 19.1 Å². The number of carbonyl (C=O) groups excluding carboxylic acids is 2. The Morgan fingerprint density at radius 2 is 1.72 bits per heavy atom. The lowest BCUT2D eigenvalue weighted by Gasteiger charge is -2.08. The van der Waals surface area contributed by atoms with Crippen molar-refractivity contribution in [2.75, 3.05) is 18.8 Å². The molecular weight excluding hydrogens is 360 g/mol. The van der Waals surface area contributed by atoms with Crippen LogP contribution < -0.4 is 10.6 Å². The Morgan fingerprint density at radius 1 is 1.00 bits per heavy atom. The fraction of sp³-hybridized carbons (Fsp3) is 0.222. The maximum Gasteiger partial charge on any atom is 0.407 e. The number of halogens is 1. The molecule has 2 rings (SSSR count). The normalized spacial score (nSPS) is 10.1. The third-order valence-electron chi connectivity index (χ3n) is 3.11. The molecular formula is C18H19ClN2O3S. The minimum absolute atomic E-state index is 0.112. The summed E-state index contributed by atoms with van der Waals surface area (Å²) < 4.78 is 5.03. The second-order valence-electron chi connectivity index (χ2n) is 5.07. The van der Waals surface area contributed by atoms with Crippen LogP contribution in [0.5, 0.6) is 0 Å². The Kier molecular flexibility index (Phi) is 8.15. The van der Waals surface area contributed by atoms with E-state index in [1.807, 2.05) is 54.6 Å². The minimum atomic E-state index is -0.616. The highest BCUT2D eigenvalue weighted by Gasteiger charge is 2.06. The number of hydrogen-bond donors (Lipinski definition) is 2. The summed E-state index contributed by atoms with van der Waals surface area (Å²) in [7, 11) is 0. The number of nitrogens with one attached hydrogen (secondary N) is 2. The Bertz CT molecular complexity index is 680. The van der Waals surface area contributed by atoms with Gasteiger partial charge in [-0.2, -0.15) is 0 Å². The summed E-state index contributed by atoms with van der Waals surface area (Å²) in [6.07, 6.45) is -0.616. The van der Waals surface area contributed by atoms with E-state index in [9.17, 15) is 9.59 Å². The van der Waals surface area contributed by atoms with Crippen LogP contribution in [0.4, 0.5) is 4.79 Å². The summed E-state index contributed by atoms with van der Waals surface area (Å²) in [6, 6.07) is 16.9. The Balaban J connectivity index is 1.54. The number of ether oxygens (including phenoxy) is 1. The van der Waals surface area contributed by atoms with E-state index >= 15 is 0 Å². The molecule has 0 aliphatic heterocycles. The number of rotatable bonds is 8. The van der Waals surface area contributed by atoms with Crippen molar-refractivity contribution in [3.63, 3.8) is 0 Å². The zero-order chi connectivity index (χ0) is 17.9. The highest BCUT2D eigenvalue weighted by molar-refractivity contribution is 7.99. The van der Waals surface area contributed by atoms with Gasteiger partial charge in [0.15, 0.2) is 0 Å². The van der Waals surface area contributed by atoms with E-state index in [1.165, 1.54) is 0 Å². The predicted octanol–water partition coefficient (Wildman–Crippen LogP) is 3.47. The Hall–Kier alpha value is -2.18. The van der Waals surface area contributed by atoms with Gasteiger partial charge in [-0.1, -0.05) is 41.9 Å². The molecule has 0 unspecified atom stereocenters. The summed E-state index contributed by atoms with van der Waals surface area (Å²) in [5.41, 5.74) is 0.890. The molecule has 0 heterocycles. The largest absolute Gasteiger partial charge is 0.445 e. The van der Waals surface area contributed by atoms with Crippen LogP contribution in [-0.4, -0.2) is 30.8 Å². The van der Waals surface area contributed by atoms with Gasteiger partial charge in [-0.05, 0) is 29.8 Å². The molecule has 7 heteroatoms. The highest BCUT2D eigenvalue weighted by Crippen LogP contribution is 2.19. The molecule has 0 saturated carbocycles. The fourth-order valence-corrected chi connectivity index (χ4v) is 2.77. The van der Waals surface area contributed by atoms with E-state index < -0.39 is 6.09 Å². The van der Waals surface area contributed by atoms with Crippen molar-refractivity contribution < 1.29 is 14.3 Å². The van der Waals surface area contributed by atoms with Crippen LogP contribution in [0, 0.1) is 0 Å². The van der Waals surface area contributed by atoms with E-state index in [2.05, 4.69) is 10.6 Å². The van der Waals surface area contributed by atoms with Gasteiger partial charge in [0.2, 0.25) is 5.91 Å². The minimum Gasteiger partial charge on any atom is -0.445 e. The van der Waals surface area contributed by atoms with Crippen molar-refractivity contribution in [3.8, 4) is 0 Å². The molecule has 0 aromatic heterocycles. The van der Waals surface area contributed by atoms with Crippen LogP contribution in [0.25, 0.3) is 0 Å². The molecule has 0 atom stereocenters. The molecule has 2 aromatic carbocycles. The van der Waals surface area contributed by atoms with E-state index in [0.717, 1.165) is 16.2 Å². The molecule has 25 heavy (non-hydrogen) atoms. The first kappa shape index (κ1) is 19.1. The first-order valence-electron chi connectivity index (χ1n) is 7.73. The average molecular weight is 379 g/mol. The molecule has 0 spiro atoms. The van der Waals surface area contributed by atoms with Gasteiger partial charge in [-0.15, -0.1) is 11.8 Å². The predicted molar refractivity (Wildman–Crippen MR) is 99.8 cm³/mol. The van der Waals surface area contributed by atoms with Gasteiger partial charge >= 0.3 is 6.09 Å². The molecule has 0 saturated heterocycles. The number of benzene rings is 2. The van der Waals surface area contributed by atoms with E-state index in [1.54, 1.807) is 11.8 Å². The third kappa shape index (κ3) is 7.96. The van der Waals surface area contributed by atoms with Crippen molar-refractivity contribution in [1.29, 1.82) is 0 Å². The lowest BCUT2D eigenvalue weighted by molar-refractivity contribution is -0.120. The second kappa shape index (κ2) is 10.6. The standard InChI is InChI=1S/C18H19ClN2O3S/c19-15-6-8-16(9-7-15)25-11-10-20-17(22)12-21-18(23)24-13-14-4-2-1-3-5-14/h1-9H,10-13H2,(H,20,22)(H,21,23).